The smallest absolute Gasteiger partial charge is 0.407 e. The summed E-state index contributed by atoms with van der Waals surface area (Å²) in [6, 6.07) is 19.8. The van der Waals surface area contributed by atoms with Gasteiger partial charge in [-0.25, -0.2) is 4.79 Å². The summed E-state index contributed by atoms with van der Waals surface area (Å²) in [6.45, 7) is 2.39. The lowest BCUT2D eigenvalue weighted by Gasteiger charge is -2.32. The highest BCUT2D eigenvalue weighted by Crippen LogP contribution is 2.13. The van der Waals surface area contributed by atoms with Crippen LogP contribution in [0.5, 0.6) is 0 Å². The first-order valence-electron chi connectivity index (χ1n) is 8.68. The van der Waals surface area contributed by atoms with Crippen LogP contribution in [-0.2, 0) is 22.8 Å². The van der Waals surface area contributed by atoms with Gasteiger partial charge < -0.3 is 10.1 Å². The molecule has 1 unspecified atom stereocenters. The molecule has 5 heteroatoms. The topological polar surface area (TPSA) is 50.8 Å². The van der Waals surface area contributed by atoms with Crippen molar-refractivity contribution in [1.29, 1.82) is 0 Å². The number of carbonyl (C=O) groups excluding carboxylic acids is 1. The SMILES string of the molecule is O=C(NC1CCCN(OCc2ccccc2)C1)OCc1ccccc1. The van der Waals surface area contributed by atoms with E-state index in [1.54, 1.807) is 0 Å². The highest BCUT2D eigenvalue weighted by atomic mass is 16.7. The molecule has 132 valence electrons. The van der Waals surface area contributed by atoms with Crippen molar-refractivity contribution < 1.29 is 14.4 Å². The molecule has 1 aliphatic heterocycles. The first-order chi connectivity index (χ1) is 12.3. The van der Waals surface area contributed by atoms with Gasteiger partial charge in [0, 0.05) is 19.1 Å². The predicted molar refractivity (Wildman–Crippen MR) is 95.6 cm³/mol. The minimum atomic E-state index is -0.376. The highest BCUT2D eigenvalue weighted by Gasteiger charge is 2.22. The number of alkyl carbamates (subject to hydrolysis) is 1. The van der Waals surface area contributed by atoms with E-state index >= 15 is 0 Å². The Balaban J connectivity index is 1.39. The van der Waals surface area contributed by atoms with Gasteiger partial charge in [0.1, 0.15) is 6.61 Å². The van der Waals surface area contributed by atoms with Crippen molar-refractivity contribution in [2.45, 2.75) is 32.1 Å². The van der Waals surface area contributed by atoms with Crippen molar-refractivity contribution >= 4 is 6.09 Å². The minimum Gasteiger partial charge on any atom is -0.445 e. The Bertz CT molecular complexity index is 649. The fourth-order valence-corrected chi connectivity index (χ4v) is 2.85. The maximum Gasteiger partial charge on any atom is 0.407 e. The zero-order valence-electron chi connectivity index (χ0n) is 14.3. The first kappa shape index (κ1) is 17.5. The third-order valence-electron chi connectivity index (χ3n) is 4.18. The van der Waals surface area contributed by atoms with Crippen LogP contribution in [0.1, 0.15) is 24.0 Å². The van der Waals surface area contributed by atoms with Crippen LogP contribution in [0.2, 0.25) is 0 Å². The van der Waals surface area contributed by atoms with E-state index in [1.165, 1.54) is 0 Å². The third kappa shape index (κ3) is 5.89. The molecule has 0 aliphatic carbocycles. The zero-order valence-corrected chi connectivity index (χ0v) is 14.3. The molecule has 1 heterocycles. The van der Waals surface area contributed by atoms with Crippen LogP contribution >= 0.6 is 0 Å². The van der Waals surface area contributed by atoms with E-state index in [-0.39, 0.29) is 18.7 Å². The molecule has 1 amide bonds. The molecule has 0 bridgehead atoms. The first-order valence-corrected chi connectivity index (χ1v) is 8.68. The lowest BCUT2D eigenvalue weighted by Crippen LogP contribution is -2.47. The van der Waals surface area contributed by atoms with E-state index in [1.807, 2.05) is 65.7 Å². The summed E-state index contributed by atoms with van der Waals surface area (Å²) in [5.74, 6) is 0. The van der Waals surface area contributed by atoms with Crippen molar-refractivity contribution in [3.8, 4) is 0 Å². The Morgan fingerprint density at radius 3 is 2.32 bits per heavy atom. The largest absolute Gasteiger partial charge is 0.445 e. The van der Waals surface area contributed by atoms with Gasteiger partial charge in [-0.1, -0.05) is 60.7 Å². The molecule has 3 rings (SSSR count). The predicted octanol–water partition coefficient (Wildman–Crippen LogP) is 3.51. The number of hydrogen-bond acceptors (Lipinski definition) is 4. The molecule has 0 aromatic heterocycles. The lowest BCUT2D eigenvalue weighted by atomic mass is 10.1. The van der Waals surface area contributed by atoms with Gasteiger partial charge in [0.05, 0.1) is 6.61 Å². The van der Waals surface area contributed by atoms with E-state index in [2.05, 4.69) is 5.32 Å². The standard InChI is InChI=1S/C20H24N2O3/c23-20(24-15-17-8-3-1-4-9-17)21-19-12-7-13-22(14-19)25-16-18-10-5-2-6-11-18/h1-6,8-11,19H,7,12-16H2,(H,21,23). The van der Waals surface area contributed by atoms with Gasteiger partial charge in [0.25, 0.3) is 0 Å². The van der Waals surface area contributed by atoms with Crippen LogP contribution in [0, 0.1) is 0 Å². The lowest BCUT2D eigenvalue weighted by molar-refractivity contribution is -0.182. The molecule has 1 aliphatic rings. The Morgan fingerprint density at radius 2 is 1.64 bits per heavy atom. The van der Waals surface area contributed by atoms with Gasteiger partial charge >= 0.3 is 6.09 Å². The number of ether oxygens (including phenoxy) is 1. The summed E-state index contributed by atoms with van der Waals surface area (Å²) >= 11 is 0. The molecule has 1 fully saturated rings. The number of hydrogen-bond donors (Lipinski definition) is 1. The third-order valence-corrected chi connectivity index (χ3v) is 4.18. The summed E-state index contributed by atoms with van der Waals surface area (Å²) in [7, 11) is 0. The normalized spacial score (nSPS) is 17.8. The molecule has 0 spiro atoms. The number of amides is 1. The maximum atomic E-state index is 12.0. The van der Waals surface area contributed by atoms with E-state index in [0.29, 0.717) is 13.2 Å². The van der Waals surface area contributed by atoms with Gasteiger partial charge in [0.2, 0.25) is 0 Å². The number of benzene rings is 2. The van der Waals surface area contributed by atoms with E-state index in [0.717, 1.165) is 30.5 Å². The van der Waals surface area contributed by atoms with Crippen LogP contribution in [0.25, 0.3) is 0 Å². The summed E-state index contributed by atoms with van der Waals surface area (Å²) in [6.07, 6.45) is 1.54. The maximum absolute atomic E-state index is 12.0. The molecule has 1 saturated heterocycles. The summed E-state index contributed by atoms with van der Waals surface area (Å²) in [5.41, 5.74) is 2.12. The molecule has 2 aromatic rings. The monoisotopic (exact) mass is 340 g/mol. The Hall–Kier alpha value is -2.37. The number of nitrogens with zero attached hydrogens (tertiary/aromatic N) is 1. The van der Waals surface area contributed by atoms with Gasteiger partial charge in [-0.15, -0.1) is 0 Å². The summed E-state index contributed by atoms with van der Waals surface area (Å²) in [4.78, 5) is 17.8. The number of hydroxylamine groups is 2. The molecule has 0 saturated carbocycles. The highest BCUT2D eigenvalue weighted by molar-refractivity contribution is 5.67. The Morgan fingerprint density at radius 1 is 1.00 bits per heavy atom. The Kier molecular flexibility index (Phi) is 6.42. The van der Waals surface area contributed by atoms with Crippen LogP contribution in [-0.4, -0.2) is 30.3 Å². The van der Waals surface area contributed by atoms with Gasteiger partial charge in [-0.05, 0) is 24.0 Å². The van der Waals surface area contributed by atoms with Crippen LogP contribution in [0.3, 0.4) is 0 Å². The summed E-state index contributed by atoms with van der Waals surface area (Å²) in [5, 5.41) is 4.86. The average molecular weight is 340 g/mol. The van der Waals surface area contributed by atoms with E-state index in [9.17, 15) is 4.79 Å². The van der Waals surface area contributed by atoms with Crippen LogP contribution in [0.15, 0.2) is 60.7 Å². The molecule has 0 radical (unpaired) electrons. The number of rotatable bonds is 6. The molecule has 25 heavy (non-hydrogen) atoms. The fourth-order valence-electron chi connectivity index (χ4n) is 2.85. The van der Waals surface area contributed by atoms with Crippen molar-refractivity contribution in [3.63, 3.8) is 0 Å². The average Bonchev–Trinajstić information content (AvgIpc) is 2.67. The summed E-state index contributed by atoms with van der Waals surface area (Å²) < 4.78 is 5.29. The number of nitrogens with one attached hydrogen (secondary N) is 1. The van der Waals surface area contributed by atoms with Gasteiger partial charge in [0.15, 0.2) is 0 Å². The molecule has 5 nitrogen and oxygen atoms in total. The van der Waals surface area contributed by atoms with Crippen molar-refractivity contribution in [3.05, 3.63) is 71.8 Å². The Labute approximate surface area is 148 Å². The number of piperidine rings is 1. The van der Waals surface area contributed by atoms with Crippen LogP contribution < -0.4 is 5.32 Å². The fraction of sp³-hybridized carbons (Fsp3) is 0.350. The minimum absolute atomic E-state index is 0.0489. The van der Waals surface area contributed by atoms with Gasteiger partial charge in [-0.3, -0.25) is 4.84 Å². The quantitative estimate of drug-likeness (QED) is 0.874. The molecular weight excluding hydrogens is 316 g/mol. The second-order valence-corrected chi connectivity index (χ2v) is 6.19. The molecule has 1 N–H and O–H groups in total. The second kappa shape index (κ2) is 9.20. The molecule has 1 atom stereocenters. The second-order valence-electron chi connectivity index (χ2n) is 6.19. The number of carbonyl (C=O) groups is 1. The van der Waals surface area contributed by atoms with Crippen LogP contribution in [0.4, 0.5) is 4.79 Å². The van der Waals surface area contributed by atoms with Crippen molar-refractivity contribution in [2.75, 3.05) is 13.1 Å². The zero-order chi connectivity index (χ0) is 17.3. The van der Waals surface area contributed by atoms with Gasteiger partial charge in [-0.2, -0.15) is 5.06 Å². The molecule has 2 aromatic carbocycles. The molecular formula is C20H24N2O3. The van der Waals surface area contributed by atoms with E-state index in [4.69, 9.17) is 9.57 Å². The van der Waals surface area contributed by atoms with Crippen molar-refractivity contribution in [1.82, 2.24) is 10.4 Å². The van der Waals surface area contributed by atoms with E-state index < -0.39 is 0 Å². The van der Waals surface area contributed by atoms with Crippen molar-refractivity contribution in [2.24, 2.45) is 0 Å².